The quantitative estimate of drug-likeness (QED) is 0.761. The van der Waals surface area contributed by atoms with Crippen molar-refractivity contribution in [2.45, 2.75) is 25.2 Å². The van der Waals surface area contributed by atoms with Crippen LogP contribution in [0.15, 0.2) is 36.4 Å². The van der Waals surface area contributed by atoms with Gasteiger partial charge in [0.1, 0.15) is 0 Å². The summed E-state index contributed by atoms with van der Waals surface area (Å²) >= 11 is 0. The molecule has 7 heteroatoms. The molecule has 139 valence electrons. The van der Waals surface area contributed by atoms with Gasteiger partial charge in [-0.05, 0) is 0 Å². The van der Waals surface area contributed by atoms with Crippen molar-refractivity contribution in [2.24, 2.45) is 0 Å². The Kier molecular flexibility index (Phi) is 4.80. The molecule has 3 aliphatic rings. The number of rotatable bonds is 3. The standard InChI is InChI=1S/C21H22B3O4/c1-21(14-22)19-12-15(23-25-8-2-9-26-23)4-6-17(19)18-7-5-16(13-20(18)21)24-27-10-3-11-28-24/h4-7,12-14H,2-3,8-11H2,1H3. The van der Waals surface area contributed by atoms with Crippen LogP contribution in [0.25, 0.3) is 11.1 Å². The van der Waals surface area contributed by atoms with E-state index in [-0.39, 0.29) is 19.7 Å². The van der Waals surface area contributed by atoms with Crippen molar-refractivity contribution >= 4 is 38.6 Å². The summed E-state index contributed by atoms with van der Waals surface area (Å²) in [7, 11) is 5.60. The first-order valence-electron chi connectivity index (χ1n) is 10.0. The predicted octanol–water partition coefficient (Wildman–Crippen LogP) is 1.21. The Balaban J connectivity index is 1.56. The van der Waals surface area contributed by atoms with Crippen LogP contribution < -0.4 is 10.9 Å². The van der Waals surface area contributed by atoms with Crippen molar-refractivity contribution in [3.8, 4) is 11.1 Å². The molecule has 0 unspecified atom stereocenters. The maximum atomic E-state index is 6.20. The van der Waals surface area contributed by atoms with Crippen LogP contribution in [0.2, 0.25) is 0 Å². The van der Waals surface area contributed by atoms with E-state index in [1.165, 1.54) is 22.3 Å². The topological polar surface area (TPSA) is 36.9 Å². The number of benzene rings is 2. The molecule has 0 amide bonds. The van der Waals surface area contributed by atoms with E-state index in [9.17, 15) is 0 Å². The summed E-state index contributed by atoms with van der Waals surface area (Å²) in [5.74, 6) is 1.79. The molecule has 5 rings (SSSR count). The average Bonchev–Trinajstić information content (AvgIpc) is 3.03. The van der Waals surface area contributed by atoms with E-state index < -0.39 is 0 Å². The zero-order valence-corrected chi connectivity index (χ0v) is 16.1. The predicted molar refractivity (Wildman–Crippen MR) is 114 cm³/mol. The van der Waals surface area contributed by atoms with Gasteiger partial charge in [0.05, 0.1) is 0 Å². The van der Waals surface area contributed by atoms with Gasteiger partial charge >= 0.3 is 167 Å². The molecule has 0 saturated carbocycles. The van der Waals surface area contributed by atoms with Gasteiger partial charge in [-0.1, -0.05) is 0 Å². The van der Waals surface area contributed by atoms with Gasteiger partial charge in [0.2, 0.25) is 0 Å². The van der Waals surface area contributed by atoms with E-state index in [0.717, 1.165) is 50.2 Å². The molecule has 2 saturated heterocycles. The molecule has 1 aliphatic carbocycles. The van der Waals surface area contributed by atoms with Crippen molar-refractivity contribution < 1.29 is 18.6 Å². The minimum atomic E-state index is -0.389. The van der Waals surface area contributed by atoms with Crippen LogP contribution in [0.3, 0.4) is 0 Å². The summed E-state index contributed by atoms with van der Waals surface area (Å²) in [6.07, 6.45) is 1.88. The molecule has 0 bridgehead atoms. The third-order valence-electron chi connectivity index (χ3n) is 6.03. The second-order valence-electron chi connectivity index (χ2n) is 7.83. The summed E-state index contributed by atoms with van der Waals surface area (Å²) in [5.41, 5.74) is 6.47. The van der Waals surface area contributed by atoms with E-state index in [2.05, 4.69) is 43.3 Å². The molecule has 0 spiro atoms. The van der Waals surface area contributed by atoms with Crippen LogP contribution in [-0.2, 0) is 24.0 Å². The zero-order chi connectivity index (χ0) is 19.1. The van der Waals surface area contributed by atoms with Crippen LogP contribution in [0.4, 0.5) is 0 Å². The maximum absolute atomic E-state index is 6.20. The molecule has 2 heterocycles. The van der Waals surface area contributed by atoms with E-state index in [1.807, 2.05) is 0 Å². The Bertz CT molecular complexity index is 837. The molecular weight excluding hydrogens is 349 g/mol. The summed E-state index contributed by atoms with van der Waals surface area (Å²) < 4.78 is 23.2. The average molecular weight is 371 g/mol. The summed E-state index contributed by atoms with van der Waals surface area (Å²) in [5, 5.41) is 0. The Morgan fingerprint density at radius 2 is 1.21 bits per heavy atom. The molecule has 28 heavy (non-hydrogen) atoms. The molecule has 0 aromatic heterocycles. The first-order valence-corrected chi connectivity index (χ1v) is 10.0. The number of fused-ring (bicyclic) bond motifs is 3. The van der Waals surface area contributed by atoms with Gasteiger partial charge in [-0.2, -0.15) is 0 Å². The normalized spacial score (nSPS) is 20.6. The summed E-state index contributed by atoms with van der Waals surface area (Å²) in [6, 6.07) is 12.9. The molecule has 4 nitrogen and oxygen atoms in total. The second-order valence-corrected chi connectivity index (χ2v) is 7.83. The molecule has 1 radical (unpaired) electrons. The van der Waals surface area contributed by atoms with Gasteiger partial charge in [0.15, 0.2) is 0 Å². The molecule has 2 aromatic rings. The van der Waals surface area contributed by atoms with E-state index >= 15 is 0 Å². The van der Waals surface area contributed by atoms with Crippen molar-refractivity contribution in [1.29, 1.82) is 0 Å². The SMILES string of the molecule is [B]=CC1(C)c2cc(B3OCCCO3)ccc2-c2ccc(B3OCCCO3)cc21. The van der Waals surface area contributed by atoms with Gasteiger partial charge in [-0.25, -0.2) is 0 Å². The van der Waals surface area contributed by atoms with Gasteiger partial charge < -0.3 is 0 Å². The van der Waals surface area contributed by atoms with Crippen LogP contribution in [0.5, 0.6) is 0 Å². The van der Waals surface area contributed by atoms with Gasteiger partial charge in [0.25, 0.3) is 0 Å². The number of hydrogen-bond donors (Lipinski definition) is 0. The summed E-state index contributed by atoms with van der Waals surface area (Å²) in [6.45, 7) is 5.08. The van der Waals surface area contributed by atoms with E-state index in [1.54, 1.807) is 5.97 Å². The Morgan fingerprint density at radius 1 is 0.786 bits per heavy atom. The molecule has 2 aliphatic heterocycles. The van der Waals surface area contributed by atoms with Crippen LogP contribution in [0, 0.1) is 0 Å². The van der Waals surface area contributed by atoms with Crippen LogP contribution >= 0.6 is 0 Å². The third-order valence-corrected chi connectivity index (χ3v) is 6.03. The molecule has 2 aromatic carbocycles. The second kappa shape index (κ2) is 7.31. The monoisotopic (exact) mass is 371 g/mol. The first-order chi connectivity index (χ1) is 13.7. The van der Waals surface area contributed by atoms with E-state index in [4.69, 9.17) is 26.1 Å². The zero-order valence-electron chi connectivity index (χ0n) is 16.1. The summed E-state index contributed by atoms with van der Waals surface area (Å²) in [4.78, 5) is 0. The molecule has 2 fully saturated rings. The van der Waals surface area contributed by atoms with Gasteiger partial charge in [0, 0.05) is 0 Å². The van der Waals surface area contributed by atoms with Crippen molar-refractivity contribution in [3.63, 3.8) is 0 Å². The minimum absolute atomic E-state index is 0.301. The fraction of sp³-hybridized carbons (Fsp3) is 0.381. The third kappa shape index (κ3) is 2.93. The van der Waals surface area contributed by atoms with E-state index in [0.29, 0.717) is 0 Å². The van der Waals surface area contributed by atoms with Crippen molar-refractivity contribution in [1.82, 2.24) is 0 Å². The molecule has 0 N–H and O–H groups in total. The fourth-order valence-electron chi connectivity index (χ4n) is 4.43. The Morgan fingerprint density at radius 3 is 1.61 bits per heavy atom. The Labute approximate surface area is 167 Å². The van der Waals surface area contributed by atoms with Gasteiger partial charge in [-0.15, -0.1) is 0 Å². The molecular formula is C21H22B3O4. The Hall–Kier alpha value is -1.66. The van der Waals surface area contributed by atoms with Gasteiger partial charge in [-0.3, -0.25) is 0 Å². The first kappa shape index (κ1) is 18.4. The van der Waals surface area contributed by atoms with Crippen molar-refractivity contribution in [3.05, 3.63) is 47.5 Å². The number of hydrogen-bond acceptors (Lipinski definition) is 4. The van der Waals surface area contributed by atoms with Crippen molar-refractivity contribution in [2.75, 3.05) is 26.4 Å². The van der Waals surface area contributed by atoms with Crippen LogP contribution in [0.1, 0.15) is 30.9 Å². The van der Waals surface area contributed by atoms with Crippen LogP contribution in [-0.4, -0.2) is 54.1 Å². The molecule has 0 atom stereocenters. The fourth-order valence-corrected chi connectivity index (χ4v) is 4.43.